The summed E-state index contributed by atoms with van der Waals surface area (Å²) >= 11 is 6.02. The molecule has 5 nitrogen and oxygen atoms in total. The molecule has 2 rings (SSSR count). The number of benzene rings is 1. The molecule has 1 unspecified atom stereocenters. The number of esters is 1. The Kier molecular flexibility index (Phi) is 4.36. The number of halogens is 1. The Bertz CT molecular complexity index is 629. The fourth-order valence-electron chi connectivity index (χ4n) is 2.26. The smallest absolute Gasteiger partial charge is 0.310 e. The van der Waals surface area contributed by atoms with E-state index in [1.807, 2.05) is 6.92 Å². The van der Waals surface area contributed by atoms with Crippen LogP contribution in [-0.2, 0) is 19.6 Å². The number of carbonyl (C=O) groups is 1. The second-order valence-electron chi connectivity index (χ2n) is 4.81. The van der Waals surface area contributed by atoms with Crippen LogP contribution in [0.3, 0.4) is 0 Å². The van der Waals surface area contributed by atoms with Crippen molar-refractivity contribution >= 4 is 27.6 Å². The molecule has 0 N–H and O–H groups in total. The molecule has 1 atom stereocenters. The molecule has 1 saturated heterocycles. The van der Waals surface area contributed by atoms with Crippen LogP contribution in [0.15, 0.2) is 23.1 Å². The van der Waals surface area contributed by atoms with Crippen LogP contribution in [0, 0.1) is 12.8 Å². The molecule has 0 saturated carbocycles. The van der Waals surface area contributed by atoms with Gasteiger partial charge in [0, 0.05) is 13.1 Å². The van der Waals surface area contributed by atoms with Gasteiger partial charge in [0.15, 0.2) is 0 Å². The molecule has 1 heterocycles. The number of methoxy groups -OCH3 is 1. The number of rotatable bonds is 3. The lowest BCUT2D eigenvalue weighted by Crippen LogP contribution is -2.30. The lowest BCUT2D eigenvalue weighted by Gasteiger charge is -2.17. The number of carbonyl (C=O) groups excluding carboxylic acids is 1. The average molecular weight is 318 g/mol. The zero-order valence-electron chi connectivity index (χ0n) is 11.3. The Labute approximate surface area is 123 Å². The third kappa shape index (κ3) is 2.82. The van der Waals surface area contributed by atoms with Crippen LogP contribution in [0.5, 0.6) is 0 Å². The van der Waals surface area contributed by atoms with E-state index in [4.69, 9.17) is 11.6 Å². The van der Waals surface area contributed by atoms with Crippen molar-refractivity contribution in [2.75, 3.05) is 20.2 Å². The first kappa shape index (κ1) is 15.3. The zero-order chi connectivity index (χ0) is 14.9. The number of ether oxygens (including phenoxy) is 1. The van der Waals surface area contributed by atoms with Gasteiger partial charge >= 0.3 is 5.97 Å². The van der Waals surface area contributed by atoms with E-state index in [1.54, 1.807) is 12.1 Å². The van der Waals surface area contributed by atoms with E-state index in [0.29, 0.717) is 13.0 Å². The molecule has 110 valence electrons. The largest absolute Gasteiger partial charge is 0.469 e. The average Bonchev–Trinajstić information content (AvgIpc) is 2.87. The number of hydrogen-bond donors (Lipinski definition) is 0. The quantitative estimate of drug-likeness (QED) is 0.798. The van der Waals surface area contributed by atoms with E-state index in [0.717, 1.165) is 5.56 Å². The molecule has 1 aromatic carbocycles. The van der Waals surface area contributed by atoms with Gasteiger partial charge in [-0.3, -0.25) is 4.79 Å². The summed E-state index contributed by atoms with van der Waals surface area (Å²) in [5.41, 5.74) is 0.891. The van der Waals surface area contributed by atoms with Crippen molar-refractivity contribution in [2.45, 2.75) is 18.2 Å². The van der Waals surface area contributed by atoms with Crippen LogP contribution < -0.4 is 0 Å². The first-order valence-electron chi connectivity index (χ1n) is 6.20. The van der Waals surface area contributed by atoms with E-state index in [9.17, 15) is 13.2 Å². The van der Waals surface area contributed by atoms with Crippen molar-refractivity contribution in [3.05, 3.63) is 28.8 Å². The highest BCUT2D eigenvalue weighted by atomic mass is 35.5. The first-order valence-corrected chi connectivity index (χ1v) is 8.02. The Balaban J connectivity index is 2.26. The van der Waals surface area contributed by atoms with Crippen molar-refractivity contribution in [1.29, 1.82) is 0 Å². The van der Waals surface area contributed by atoms with E-state index in [-0.39, 0.29) is 22.4 Å². The van der Waals surface area contributed by atoms with Crippen LogP contribution in [0.4, 0.5) is 0 Å². The monoisotopic (exact) mass is 317 g/mol. The van der Waals surface area contributed by atoms with Crippen LogP contribution in [0.25, 0.3) is 0 Å². The van der Waals surface area contributed by atoms with Crippen LogP contribution in [0.2, 0.25) is 5.02 Å². The van der Waals surface area contributed by atoms with Gasteiger partial charge in [0.1, 0.15) is 4.90 Å². The molecular weight excluding hydrogens is 302 g/mol. The molecule has 0 amide bonds. The minimum atomic E-state index is -3.67. The standard InChI is InChI=1S/C13H16ClNO4S/c1-9-3-4-12(11(14)7-9)20(17,18)15-6-5-10(8-15)13(16)19-2/h3-4,7,10H,5-6,8H2,1-2H3. The third-order valence-corrected chi connectivity index (χ3v) is 5.74. The SMILES string of the molecule is COC(=O)C1CCN(S(=O)(=O)c2ccc(C)cc2Cl)C1. The fourth-order valence-corrected chi connectivity index (χ4v) is 4.33. The molecule has 0 aromatic heterocycles. The van der Waals surface area contributed by atoms with Gasteiger partial charge in [-0.2, -0.15) is 4.31 Å². The first-order chi connectivity index (χ1) is 9.36. The lowest BCUT2D eigenvalue weighted by molar-refractivity contribution is -0.144. The zero-order valence-corrected chi connectivity index (χ0v) is 12.9. The van der Waals surface area contributed by atoms with Gasteiger partial charge in [-0.05, 0) is 31.0 Å². The number of hydrogen-bond acceptors (Lipinski definition) is 4. The maximum absolute atomic E-state index is 12.5. The molecule has 0 bridgehead atoms. The summed E-state index contributed by atoms with van der Waals surface area (Å²) in [7, 11) is -2.37. The topological polar surface area (TPSA) is 63.7 Å². The molecule has 0 radical (unpaired) electrons. The van der Waals surface area contributed by atoms with Crippen LogP contribution in [-0.4, -0.2) is 38.9 Å². The summed E-state index contributed by atoms with van der Waals surface area (Å²) in [6.07, 6.45) is 0.468. The molecule has 20 heavy (non-hydrogen) atoms. The minimum absolute atomic E-state index is 0.0790. The van der Waals surface area contributed by atoms with Crippen molar-refractivity contribution in [1.82, 2.24) is 4.31 Å². The molecule has 1 fully saturated rings. The van der Waals surface area contributed by atoms with Crippen molar-refractivity contribution < 1.29 is 17.9 Å². The van der Waals surface area contributed by atoms with Crippen LogP contribution in [0.1, 0.15) is 12.0 Å². The maximum Gasteiger partial charge on any atom is 0.310 e. The van der Waals surface area contributed by atoms with E-state index in [2.05, 4.69) is 4.74 Å². The maximum atomic E-state index is 12.5. The molecule has 0 aliphatic carbocycles. The van der Waals surface area contributed by atoms with Gasteiger partial charge in [-0.15, -0.1) is 0 Å². The van der Waals surface area contributed by atoms with E-state index in [1.165, 1.54) is 17.5 Å². The molecule has 1 aromatic rings. The highest BCUT2D eigenvalue weighted by Crippen LogP contribution is 2.29. The van der Waals surface area contributed by atoms with Crippen molar-refractivity contribution in [3.63, 3.8) is 0 Å². The van der Waals surface area contributed by atoms with Crippen LogP contribution >= 0.6 is 11.6 Å². The minimum Gasteiger partial charge on any atom is -0.469 e. The molecule has 7 heteroatoms. The van der Waals surface area contributed by atoms with Gasteiger partial charge in [0.25, 0.3) is 0 Å². The number of nitrogens with zero attached hydrogens (tertiary/aromatic N) is 1. The van der Waals surface area contributed by atoms with Gasteiger partial charge < -0.3 is 4.74 Å². The summed E-state index contributed by atoms with van der Waals surface area (Å²) in [6.45, 7) is 2.27. The lowest BCUT2D eigenvalue weighted by atomic mass is 10.1. The molecule has 0 spiro atoms. The van der Waals surface area contributed by atoms with Gasteiger partial charge in [-0.25, -0.2) is 8.42 Å². The van der Waals surface area contributed by atoms with Gasteiger partial charge in [-0.1, -0.05) is 17.7 Å². The normalized spacial score (nSPS) is 20.1. The summed E-state index contributed by atoms with van der Waals surface area (Å²) in [6, 6.07) is 4.81. The highest BCUT2D eigenvalue weighted by molar-refractivity contribution is 7.89. The van der Waals surface area contributed by atoms with Crippen molar-refractivity contribution in [2.24, 2.45) is 5.92 Å². The van der Waals surface area contributed by atoms with E-state index >= 15 is 0 Å². The Hall–Kier alpha value is -1.11. The fraction of sp³-hybridized carbons (Fsp3) is 0.462. The van der Waals surface area contributed by atoms with Crippen molar-refractivity contribution in [3.8, 4) is 0 Å². The third-order valence-electron chi connectivity index (χ3n) is 3.39. The highest BCUT2D eigenvalue weighted by Gasteiger charge is 2.37. The summed E-state index contributed by atoms with van der Waals surface area (Å²) in [4.78, 5) is 11.5. The predicted octanol–water partition coefficient (Wildman–Crippen LogP) is 1.83. The Morgan fingerprint density at radius 3 is 2.75 bits per heavy atom. The molecule has 1 aliphatic heterocycles. The molecular formula is C13H16ClNO4S. The summed E-state index contributed by atoms with van der Waals surface area (Å²) in [5, 5.41) is 0.200. The van der Waals surface area contributed by atoms with E-state index < -0.39 is 15.9 Å². The summed E-state index contributed by atoms with van der Waals surface area (Å²) in [5.74, 6) is -0.781. The number of sulfonamides is 1. The van der Waals surface area contributed by atoms with Gasteiger partial charge in [0.2, 0.25) is 10.0 Å². The summed E-state index contributed by atoms with van der Waals surface area (Å²) < 4.78 is 31.0. The second-order valence-corrected chi connectivity index (χ2v) is 7.12. The Morgan fingerprint density at radius 2 is 2.15 bits per heavy atom. The molecule has 1 aliphatic rings. The predicted molar refractivity (Wildman–Crippen MR) is 75.1 cm³/mol. The number of aryl methyl sites for hydroxylation is 1. The second kappa shape index (κ2) is 5.71. The van der Waals surface area contributed by atoms with Gasteiger partial charge in [0.05, 0.1) is 18.1 Å². The Morgan fingerprint density at radius 1 is 1.45 bits per heavy atom.